The number of nitrogens with zero attached hydrogens (tertiary/aromatic N) is 4. The summed E-state index contributed by atoms with van der Waals surface area (Å²) in [7, 11) is 0. The number of carboxylic acid groups (broad SMARTS) is 1. The van der Waals surface area contributed by atoms with Gasteiger partial charge in [0.2, 0.25) is 0 Å². The quantitative estimate of drug-likeness (QED) is 0.332. The number of phenols is 1. The van der Waals surface area contributed by atoms with E-state index in [-0.39, 0.29) is 40.5 Å². The van der Waals surface area contributed by atoms with Crippen LogP contribution in [-0.4, -0.2) is 53.9 Å². The number of Topliss-reactive ketones (excluding diaryl/α,β-unsaturated/α-hetero) is 1. The van der Waals surface area contributed by atoms with Crippen molar-refractivity contribution in [1.29, 1.82) is 0 Å². The number of aliphatic carboxylic acids is 1. The number of aromatic nitrogens is 4. The number of rotatable bonds is 11. The fourth-order valence-corrected chi connectivity index (χ4v) is 3.64. The highest BCUT2D eigenvalue weighted by molar-refractivity contribution is 6.02. The Labute approximate surface area is 196 Å². The molecular formula is C24H28N4O6. The van der Waals surface area contributed by atoms with Crippen molar-refractivity contribution in [2.75, 3.05) is 6.61 Å². The number of carboxylic acids is 1. The third-order valence-electron chi connectivity index (χ3n) is 5.42. The maximum absolute atomic E-state index is 11.7. The summed E-state index contributed by atoms with van der Waals surface area (Å²) in [6, 6.07) is 3.28. The highest BCUT2D eigenvalue weighted by atomic mass is 16.5. The number of aliphatic hydroxyl groups excluding tert-OH is 1. The largest absolute Gasteiger partial charge is 0.507 e. The van der Waals surface area contributed by atoms with Gasteiger partial charge in [-0.15, -0.1) is 15.0 Å². The normalized spacial score (nSPS) is 13.7. The van der Waals surface area contributed by atoms with Gasteiger partial charge in [0.1, 0.15) is 23.0 Å². The van der Waals surface area contributed by atoms with Crippen LogP contribution in [0, 0.1) is 0 Å². The molecule has 1 aromatic heterocycles. The van der Waals surface area contributed by atoms with E-state index in [1.54, 1.807) is 12.1 Å². The van der Waals surface area contributed by atoms with Gasteiger partial charge in [-0.2, -0.15) is 0 Å². The number of phenolic OH excluding ortho intramolecular Hbond substituents is 1. The van der Waals surface area contributed by atoms with Crippen molar-refractivity contribution in [2.45, 2.75) is 52.4 Å². The number of tetrazole rings is 1. The number of carbonyl (C=O) groups is 2. The molecule has 0 unspecified atom stereocenters. The molecule has 10 heteroatoms. The number of hydrogen-bond acceptors (Lipinski definition) is 8. The van der Waals surface area contributed by atoms with Gasteiger partial charge in [-0.1, -0.05) is 26.0 Å². The highest BCUT2D eigenvalue weighted by Crippen LogP contribution is 2.33. The second kappa shape index (κ2) is 10.8. The predicted octanol–water partition coefficient (Wildman–Crippen LogP) is 3.63. The first kappa shape index (κ1) is 24.7. The maximum atomic E-state index is 11.7. The van der Waals surface area contributed by atoms with E-state index in [1.807, 2.05) is 6.92 Å². The third-order valence-corrected chi connectivity index (χ3v) is 5.42. The number of aryl methyl sites for hydroxylation is 1. The van der Waals surface area contributed by atoms with Gasteiger partial charge < -0.3 is 20.1 Å². The fraction of sp³-hybridized carbons (Fsp3) is 0.375. The minimum Gasteiger partial charge on any atom is -0.507 e. The van der Waals surface area contributed by atoms with Crippen molar-refractivity contribution < 1.29 is 29.6 Å². The van der Waals surface area contributed by atoms with Gasteiger partial charge >= 0.3 is 5.97 Å². The molecule has 10 nitrogen and oxygen atoms in total. The van der Waals surface area contributed by atoms with Gasteiger partial charge in [0.15, 0.2) is 11.6 Å². The van der Waals surface area contributed by atoms with E-state index in [2.05, 4.69) is 22.0 Å². The zero-order valence-electron chi connectivity index (χ0n) is 19.2. The summed E-state index contributed by atoms with van der Waals surface area (Å²) in [4.78, 5) is 24.2. The van der Waals surface area contributed by atoms with Crippen molar-refractivity contribution in [3.63, 3.8) is 0 Å². The van der Waals surface area contributed by atoms with Crippen molar-refractivity contribution in [3.8, 4) is 11.5 Å². The number of benzene rings is 1. The molecule has 0 radical (unpaired) electrons. The van der Waals surface area contributed by atoms with Crippen LogP contribution in [0.5, 0.6) is 11.5 Å². The number of carbonyl (C=O) groups excluding carboxylic acids is 1. The minimum absolute atomic E-state index is 0.0228. The number of ketones is 1. The Morgan fingerprint density at radius 3 is 2.65 bits per heavy atom. The minimum atomic E-state index is -1.20. The molecule has 2 aromatic rings. The van der Waals surface area contributed by atoms with Crippen LogP contribution in [0.2, 0.25) is 0 Å². The smallest absolute Gasteiger partial charge is 0.337 e. The molecule has 0 fully saturated rings. The Morgan fingerprint density at radius 1 is 1.21 bits per heavy atom. The standard InChI is InChI=1S/C24H28N4O6/c1-4-7-17-19(12-11-16(15(3)29)23(17)31)34-13-6-5-8-20-25-27-28(26-20)21-18(24(32)33)10-9-14(2)22(21)30/h10-12,30-31H,2,4-9,13H2,1,3H3,(H,32,33). The van der Waals surface area contributed by atoms with Crippen LogP contribution in [0.4, 0.5) is 0 Å². The summed E-state index contributed by atoms with van der Waals surface area (Å²) in [5.74, 6) is -0.730. The Morgan fingerprint density at radius 2 is 1.97 bits per heavy atom. The Hall–Kier alpha value is -3.95. The molecule has 34 heavy (non-hydrogen) atoms. The number of allylic oxidation sites excluding steroid dienone is 2. The number of hydrogen-bond donors (Lipinski definition) is 3. The number of aromatic hydroxyl groups is 1. The van der Waals surface area contributed by atoms with Crippen LogP contribution in [-0.2, 0) is 17.6 Å². The van der Waals surface area contributed by atoms with E-state index in [9.17, 15) is 24.9 Å². The summed E-state index contributed by atoms with van der Waals surface area (Å²) >= 11 is 0. The monoisotopic (exact) mass is 468 g/mol. The molecule has 0 bridgehead atoms. The molecule has 0 amide bonds. The van der Waals surface area contributed by atoms with Gasteiger partial charge in [0.05, 0.1) is 17.7 Å². The number of ether oxygens (including phenoxy) is 1. The van der Waals surface area contributed by atoms with E-state index in [1.165, 1.54) is 13.0 Å². The molecule has 3 rings (SSSR count). The highest BCUT2D eigenvalue weighted by Gasteiger charge is 2.27. The molecule has 0 spiro atoms. The zero-order chi connectivity index (χ0) is 24.8. The number of unbranched alkanes of at least 4 members (excludes halogenated alkanes) is 1. The topological polar surface area (TPSA) is 148 Å². The van der Waals surface area contributed by atoms with Crippen molar-refractivity contribution in [1.82, 2.24) is 20.2 Å². The summed E-state index contributed by atoms with van der Waals surface area (Å²) in [6.45, 7) is 7.51. The molecule has 1 aliphatic carbocycles. The molecular weight excluding hydrogens is 440 g/mol. The molecule has 1 heterocycles. The van der Waals surface area contributed by atoms with Crippen LogP contribution in [0.15, 0.2) is 41.7 Å². The first-order valence-corrected chi connectivity index (χ1v) is 11.1. The first-order chi connectivity index (χ1) is 16.2. The average Bonchev–Trinajstić information content (AvgIpc) is 3.25. The lowest BCUT2D eigenvalue weighted by atomic mass is 9.98. The van der Waals surface area contributed by atoms with Crippen molar-refractivity contribution in [3.05, 3.63) is 58.6 Å². The van der Waals surface area contributed by atoms with E-state index in [0.717, 1.165) is 11.2 Å². The van der Waals surface area contributed by atoms with Gasteiger partial charge in [0, 0.05) is 12.0 Å². The summed E-state index contributed by atoms with van der Waals surface area (Å²) in [6.07, 6.45) is 4.89. The maximum Gasteiger partial charge on any atom is 0.337 e. The number of aliphatic hydroxyl groups is 1. The van der Waals surface area contributed by atoms with E-state index in [0.29, 0.717) is 55.0 Å². The molecule has 1 aliphatic rings. The van der Waals surface area contributed by atoms with Crippen molar-refractivity contribution >= 4 is 17.4 Å². The van der Waals surface area contributed by atoms with Gasteiger partial charge in [0.25, 0.3) is 0 Å². The van der Waals surface area contributed by atoms with E-state index < -0.39 is 5.97 Å². The molecule has 0 aliphatic heterocycles. The molecule has 0 saturated carbocycles. The SMILES string of the molecule is C=C1CC=C(C(=O)O)C(n2nnc(CCCCOc3ccc(C(C)=O)c(O)c3CCC)n2)=C1O. The molecule has 3 N–H and O–H groups in total. The lowest BCUT2D eigenvalue weighted by Crippen LogP contribution is -2.17. The van der Waals surface area contributed by atoms with Crippen LogP contribution in [0.1, 0.15) is 61.3 Å². The summed E-state index contributed by atoms with van der Waals surface area (Å²) in [5.41, 5.74) is 1.13. The molecule has 0 atom stereocenters. The predicted molar refractivity (Wildman–Crippen MR) is 124 cm³/mol. The lowest BCUT2D eigenvalue weighted by Gasteiger charge is -2.15. The molecule has 0 saturated heterocycles. The average molecular weight is 469 g/mol. The van der Waals surface area contributed by atoms with Crippen LogP contribution < -0.4 is 4.74 Å². The Balaban J connectivity index is 1.59. The fourth-order valence-electron chi connectivity index (χ4n) is 3.64. The Kier molecular flexibility index (Phi) is 7.83. The van der Waals surface area contributed by atoms with Crippen LogP contribution in [0.3, 0.4) is 0 Å². The molecule has 1 aromatic carbocycles. The van der Waals surface area contributed by atoms with Crippen molar-refractivity contribution in [2.24, 2.45) is 0 Å². The van der Waals surface area contributed by atoms with E-state index in [4.69, 9.17) is 4.74 Å². The molecule has 180 valence electrons. The summed E-state index contributed by atoms with van der Waals surface area (Å²) in [5, 5.41) is 42.2. The second-order valence-electron chi connectivity index (χ2n) is 7.97. The van der Waals surface area contributed by atoms with Crippen LogP contribution in [0.25, 0.3) is 5.70 Å². The zero-order valence-corrected chi connectivity index (χ0v) is 19.2. The summed E-state index contributed by atoms with van der Waals surface area (Å²) < 4.78 is 5.85. The lowest BCUT2D eigenvalue weighted by molar-refractivity contribution is -0.132. The first-order valence-electron chi connectivity index (χ1n) is 11.1. The third kappa shape index (κ3) is 5.33. The van der Waals surface area contributed by atoms with Gasteiger partial charge in [-0.25, -0.2) is 4.79 Å². The van der Waals surface area contributed by atoms with Crippen LogP contribution >= 0.6 is 0 Å². The second-order valence-corrected chi connectivity index (χ2v) is 7.97. The van der Waals surface area contributed by atoms with E-state index >= 15 is 0 Å². The van der Waals surface area contributed by atoms with Gasteiger partial charge in [-0.05, 0) is 55.5 Å². The van der Waals surface area contributed by atoms with Gasteiger partial charge in [-0.3, -0.25) is 4.79 Å². The Bertz CT molecular complexity index is 1180.